The first-order valence-electron chi connectivity index (χ1n) is 5.67. The van der Waals surface area contributed by atoms with Gasteiger partial charge in [0.2, 0.25) is 0 Å². The molecule has 0 radical (unpaired) electrons. The van der Waals surface area contributed by atoms with E-state index in [-0.39, 0.29) is 0 Å². The van der Waals surface area contributed by atoms with E-state index in [1.807, 2.05) is 0 Å². The van der Waals surface area contributed by atoms with E-state index in [4.69, 9.17) is 0 Å². The first kappa shape index (κ1) is 11.0. The van der Waals surface area contributed by atoms with Crippen molar-refractivity contribution in [1.82, 2.24) is 9.80 Å². The Bertz CT molecular complexity index is 147. The Morgan fingerprint density at radius 3 is 2.08 bits per heavy atom. The molecule has 2 nitrogen and oxygen atoms in total. The lowest BCUT2D eigenvalue weighted by Crippen LogP contribution is -2.56. The van der Waals surface area contributed by atoms with Gasteiger partial charge in [-0.1, -0.05) is 13.8 Å². The molecule has 2 heteroatoms. The zero-order valence-corrected chi connectivity index (χ0v) is 9.58. The van der Waals surface area contributed by atoms with Crippen LogP contribution in [0, 0.1) is 0 Å². The number of hydrogen-bond acceptors (Lipinski definition) is 2. The fraction of sp³-hybridized carbons (Fsp3) is 1.00. The molecular weight excluding hydrogens is 160 g/mol. The van der Waals surface area contributed by atoms with Crippen molar-refractivity contribution in [3.63, 3.8) is 0 Å². The summed E-state index contributed by atoms with van der Waals surface area (Å²) in [7, 11) is 0. The third kappa shape index (κ3) is 2.68. The number of hydrogen-bond donors (Lipinski definition) is 0. The van der Waals surface area contributed by atoms with Crippen LogP contribution >= 0.6 is 0 Å². The summed E-state index contributed by atoms with van der Waals surface area (Å²) in [6.45, 7) is 14.2. The van der Waals surface area contributed by atoms with Crippen molar-refractivity contribution in [2.75, 3.05) is 26.2 Å². The van der Waals surface area contributed by atoms with Crippen LogP contribution in [0.5, 0.6) is 0 Å². The Morgan fingerprint density at radius 1 is 1.00 bits per heavy atom. The highest BCUT2D eigenvalue weighted by Crippen LogP contribution is 2.14. The standard InChI is InChI=1S/C11H24N2/c1-5-7-13-9-10(3)12(6-2)8-11(13)4/h10-11H,5-9H2,1-4H3. The predicted octanol–water partition coefficient (Wildman–Crippen LogP) is 1.81. The number of rotatable bonds is 3. The zero-order chi connectivity index (χ0) is 9.84. The van der Waals surface area contributed by atoms with E-state index in [1.54, 1.807) is 0 Å². The van der Waals surface area contributed by atoms with Gasteiger partial charge in [-0.15, -0.1) is 0 Å². The maximum Gasteiger partial charge on any atom is 0.0195 e. The van der Waals surface area contributed by atoms with Crippen molar-refractivity contribution in [2.24, 2.45) is 0 Å². The summed E-state index contributed by atoms with van der Waals surface area (Å²) in [5.41, 5.74) is 0. The largest absolute Gasteiger partial charge is 0.298 e. The van der Waals surface area contributed by atoms with Gasteiger partial charge in [0.25, 0.3) is 0 Å². The van der Waals surface area contributed by atoms with E-state index in [0.29, 0.717) is 0 Å². The molecule has 1 aliphatic heterocycles. The van der Waals surface area contributed by atoms with Crippen LogP contribution in [-0.2, 0) is 0 Å². The average molecular weight is 184 g/mol. The first-order valence-corrected chi connectivity index (χ1v) is 5.67. The minimum atomic E-state index is 0.743. The first-order chi connectivity index (χ1) is 6.19. The van der Waals surface area contributed by atoms with Gasteiger partial charge >= 0.3 is 0 Å². The van der Waals surface area contributed by atoms with Gasteiger partial charge in [0, 0.05) is 25.2 Å². The van der Waals surface area contributed by atoms with Gasteiger partial charge < -0.3 is 0 Å². The Hall–Kier alpha value is -0.0800. The Kier molecular flexibility index (Phi) is 4.20. The second-order valence-corrected chi connectivity index (χ2v) is 4.28. The maximum atomic E-state index is 2.62. The highest BCUT2D eigenvalue weighted by atomic mass is 15.3. The van der Waals surface area contributed by atoms with Crippen molar-refractivity contribution in [1.29, 1.82) is 0 Å². The third-order valence-corrected chi connectivity index (χ3v) is 3.16. The fourth-order valence-electron chi connectivity index (χ4n) is 2.31. The lowest BCUT2D eigenvalue weighted by atomic mass is 10.1. The van der Waals surface area contributed by atoms with E-state index in [2.05, 4.69) is 37.5 Å². The summed E-state index contributed by atoms with van der Waals surface area (Å²) in [6, 6.07) is 1.49. The molecule has 1 aliphatic rings. The normalized spacial score (nSPS) is 32.3. The molecule has 78 valence electrons. The minimum Gasteiger partial charge on any atom is -0.298 e. The summed E-state index contributed by atoms with van der Waals surface area (Å²) in [5.74, 6) is 0. The lowest BCUT2D eigenvalue weighted by molar-refractivity contribution is 0.0465. The summed E-state index contributed by atoms with van der Waals surface area (Å²) < 4.78 is 0. The molecule has 0 aromatic heterocycles. The van der Waals surface area contributed by atoms with Crippen LogP contribution in [0.25, 0.3) is 0 Å². The summed E-state index contributed by atoms with van der Waals surface area (Å²) in [6.07, 6.45) is 1.28. The van der Waals surface area contributed by atoms with E-state index >= 15 is 0 Å². The molecule has 0 N–H and O–H groups in total. The summed E-state index contributed by atoms with van der Waals surface area (Å²) in [4.78, 5) is 5.20. The van der Waals surface area contributed by atoms with Crippen LogP contribution in [0.2, 0.25) is 0 Å². The fourth-order valence-corrected chi connectivity index (χ4v) is 2.31. The van der Waals surface area contributed by atoms with Crippen molar-refractivity contribution in [3.8, 4) is 0 Å². The topological polar surface area (TPSA) is 6.48 Å². The molecule has 2 atom stereocenters. The van der Waals surface area contributed by atoms with E-state index in [1.165, 1.54) is 32.6 Å². The molecule has 1 fully saturated rings. The summed E-state index contributed by atoms with van der Waals surface area (Å²) >= 11 is 0. The molecular formula is C11H24N2. The molecule has 13 heavy (non-hydrogen) atoms. The second-order valence-electron chi connectivity index (χ2n) is 4.28. The molecule has 0 aromatic rings. The molecule has 0 aromatic carbocycles. The maximum absolute atomic E-state index is 2.62. The highest BCUT2D eigenvalue weighted by molar-refractivity contribution is 4.83. The van der Waals surface area contributed by atoms with Crippen LogP contribution < -0.4 is 0 Å². The van der Waals surface area contributed by atoms with E-state index in [9.17, 15) is 0 Å². The molecule has 1 heterocycles. The van der Waals surface area contributed by atoms with Crippen LogP contribution in [0.4, 0.5) is 0 Å². The SMILES string of the molecule is CCCN1CC(C)N(CC)CC1C. The van der Waals surface area contributed by atoms with E-state index < -0.39 is 0 Å². The molecule has 0 amide bonds. The van der Waals surface area contributed by atoms with Gasteiger partial charge in [-0.25, -0.2) is 0 Å². The van der Waals surface area contributed by atoms with E-state index in [0.717, 1.165) is 12.1 Å². The molecule has 0 saturated carbocycles. The van der Waals surface area contributed by atoms with Crippen molar-refractivity contribution >= 4 is 0 Å². The lowest BCUT2D eigenvalue weighted by Gasteiger charge is -2.43. The van der Waals surface area contributed by atoms with Crippen molar-refractivity contribution in [2.45, 2.75) is 46.2 Å². The Balaban J connectivity index is 2.46. The smallest absolute Gasteiger partial charge is 0.0195 e. The molecule has 1 rings (SSSR count). The van der Waals surface area contributed by atoms with Gasteiger partial charge in [-0.2, -0.15) is 0 Å². The number of likely N-dealkylation sites (N-methyl/N-ethyl adjacent to an activating group) is 1. The Morgan fingerprint density at radius 2 is 1.54 bits per heavy atom. The third-order valence-electron chi connectivity index (χ3n) is 3.16. The summed E-state index contributed by atoms with van der Waals surface area (Å²) in [5, 5.41) is 0. The van der Waals surface area contributed by atoms with Crippen molar-refractivity contribution < 1.29 is 0 Å². The Labute approximate surface area is 82.9 Å². The second kappa shape index (κ2) is 4.97. The zero-order valence-electron chi connectivity index (χ0n) is 9.58. The average Bonchev–Trinajstić information content (AvgIpc) is 2.11. The van der Waals surface area contributed by atoms with Crippen molar-refractivity contribution in [3.05, 3.63) is 0 Å². The molecule has 2 unspecified atom stereocenters. The molecule has 0 spiro atoms. The minimum absolute atomic E-state index is 0.743. The monoisotopic (exact) mass is 184 g/mol. The highest BCUT2D eigenvalue weighted by Gasteiger charge is 2.26. The van der Waals surface area contributed by atoms with Gasteiger partial charge in [0.05, 0.1) is 0 Å². The van der Waals surface area contributed by atoms with Crippen LogP contribution in [0.3, 0.4) is 0 Å². The van der Waals surface area contributed by atoms with Crippen LogP contribution in [0.1, 0.15) is 34.1 Å². The van der Waals surface area contributed by atoms with Gasteiger partial charge in [-0.3, -0.25) is 9.80 Å². The molecule has 0 bridgehead atoms. The van der Waals surface area contributed by atoms with Gasteiger partial charge in [0.1, 0.15) is 0 Å². The number of piperazine rings is 1. The predicted molar refractivity (Wildman–Crippen MR) is 58.0 cm³/mol. The quantitative estimate of drug-likeness (QED) is 0.660. The van der Waals surface area contributed by atoms with Gasteiger partial charge in [0.15, 0.2) is 0 Å². The molecule has 0 aliphatic carbocycles. The van der Waals surface area contributed by atoms with Gasteiger partial charge in [-0.05, 0) is 33.4 Å². The molecule has 1 saturated heterocycles. The van der Waals surface area contributed by atoms with Crippen LogP contribution in [0.15, 0.2) is 0 Å². The van der Waals surface area contributed by atoms with Crippen LogP contribution in [-0.4, -0.2) is 48.1 Å². The number of nitrogens with zero attached hydrogens (tertiary/aromatic N) is 2.